The van der Waals surface area contributed by atoms with Crippen molar-refractivity contribution in [2.45, 2.75) is 6.92 Å². The summed E-state index contributed by atoms with van der Waals surface area (Å²) in [5.41, 5.74) is 4.14. The smallest absolute Gasteiger partial charge is 0.248 e. The number of rotatable bonds is 4. The molecule has 0 bridgehead atoms. The molecule has 0 aliphatic carbocycles. The zero-order valence-corrected chi connectivity index (χ0v) is 16.8. The molecule has 29 heavy (non-hydrogen) atoms. The highest BCUT2D eigenvalue weighted by Gasteiger charge is 2.14. The van der Waals surface area contributed by atoms with E-state index in [0.717, 1.165) is 11.1 Å². The number of pyridine rings is 1. The topological polar surface area (TPSA) is 68.0 Å². The molecule has 0 aliphatic rings. The van der Waals surface area contributed by atoms with E-state index < -0.39 is 0 Å². The van der Waals surface area contributed by atoms with Crippen molar-refractivity contribution in [1.29, 1.82) is 0 Å². The molecule has 2 heterocycles. The molecule has 1 amide bonds. The summed E-state index contributed by atoms with van der Waals surface area (Å²) < 4.78 is 5.80. The van der Waals surface area contributed by atoms with Crippen LogP contribution >= 0.6 is 23.2 Å². The van der Waals surface area contributed by atoms with Crippen molar-refractivity contribution >= 4 is 52.1 Å². The number of anilines is 1. The monoisotopic (exact) mass is 423 g/mol. The summed E-state index contributed by atoms with van der Waals surface area (Å²) in [7, 11) is 0. The molecule has 0 radical (unpaired) electrons. The van der Waals surface area contributed by atoms with Crippen LogP contribution in [0.3, 0.4) is 0 Å². The third kappa shape index (κ3) is 4.16. The van der Waals surface area contributed by atoms with E-state index in [0.29, 0.717) is 38.4 Å². The number of nitrogens with zero attached hydrogens (tertiary/aromatic N) is 2. The van der Waals surface area contributed by atoms with Gasteiger partial charge in [-0.3, -0.25) is 4.79 Å². The molecule has 7 heteroatoms. The van der Waals surface area contributed by atoms with Gasteiger partial charge in [0.2, 0.25) is 11.8 Å². The van der Waals surface area contributed by atoms with Gasteiger partial charge in [0.25, 0.3) is 0 Å². The van der Waals surface area contributed by atoms with Crippen molar-refractivity contribution in [3.63, 3.8) is 0 Å². The van der Waals surface area contributed by atoms with E-state index in [2.05, 4.69) is 15.3 Å². The number of aromatic nitrogens is 2. The maximum Gasteiger partial charge on any atom is 0.248 e. The Kier molecular flexibility index (Phi) is 5.34. The van der Waals surface area contributed by atoms with E-state index in [1.54, 1.807) is 36.5 Å². The van der Waals surface area contributed by atoms with E-state index in [-0.39, 0.29) is 5.91 Å². The summed E-state index contributed by atoms with van der Waals surface area (Å²) in [4.78, 5) is 21.0. The van der Waals surface area contributed by atoms with Gasteiger partial charge in [0.15, 0.2) is 11.2 Å². The van der Waals surface area contributed by atoms with Crippen molar-refractivity contribution in [3.05, 3.63) is 82.0 Å². The normalized spacial score (nSPS) is 11.3. The third-order valence-electron chi connectivity index (χ3n) is 4.36. The van der Waals surface area contributed by atoms with Crippen molar-refractivity contribution in [3.8, 4) is 11.5 Å². The molecule has 0 fully saturated rings. The molecule has 0 saturated carbocycles. The van der Waals surface area contributed by atoms with Gasteiger partial charge >= 0.3 is 0 Å². The minimum atomic E-state index is -0.282. The molecule has 0 spiro atoms. The maximum absolute atomic E-state index is 12.4. The highest BCUT2D eigenvalue weighted by atomic mass is 35.5. The maximum atomic E-state index is 12.4. The van der Waals surface area contributed by atoms with Gasteiger partial charge in [0, 0.05) is 33.6 Å². The molecule has 144 valence electrons. The van der Waals surface area contributed by atoms with E-state index >= 15 is 0 Å². The van der Waals surface area contributed by atoms with Crippen LogP contribution in [0.5, 0.6) is 0 Å². The third-order valence-corrected chi connectivity index (χ3v) is 4.93. The molecular formula is C22H15Cl2N3O2. The number of nitrogens with one attached hydrogen (secondary N) is 1. The van der Waals surface area contributed by atoms with E-state index in [4.69, 9.17) is 27.6 Å². The van der Waals surface area contributed by atoms with Crippen LogP contribution in [0, 0.1) is 6.92 Å². The lowest BCUT2D eigenvalue weighted by molar-refractivity contribution is -0.111. The van der Waals surface area contributed by atoms with Crippen molar-refractivity contribution in [2.24, 2.45) is 0 Å². The lowest BCUT2D eigenvalue weighted by Crippen LogP contribution is -2.09. The Morgan fingerprint density at radius 2 is 2.00 bits per heavy atom. The second-order valence-corrected chi connectivity index (χ2v) is 7.15. The summed E-state index contributed by atoms with van der Waals surface area (Å²) in [6, 6.07) is 14.2. The predicted molar refractivity (Wildman–Crippen MR) is 116 cm³/mol. The zero-order chi connectivity index (χ0) is 20.4. The highest BCUT2D eigenvalue weighted by molar-refractivity contribution is 6.35. The first kappa shape index (κ1) is 19.2. The van der Waals surface area contributed by atoms with Crippen LogP contribution in [0.15, 0.2) is 65.2 Å². The minimum Gasteiger partial charge on any atom is -0.434 e. The number of benzene rings is 2. The van der Waals surface area contributed by atoms with Gasteiger partial charge in [-0.25, -0.2) is 4.98 Å². The van der Waals surface area contributed by atoms with Gasteiger partial charge in [-0.1, -0.05) is 35.3 Å². The fraction of sp³-hybridized carbons (Fsp3) is 0.0455. The number of amides is 1. The molecule has 0 atom stereocenters. The van der Waals surface area contributed by atoms with Crippen LogP contribution < -0.4 is 5.32 Å². The van der Waals surface area contributed by atoms with Crippen molar-refractivity contribution in [2.75, 3.05) is 5.32 Å². The number of hydrogen-bond acceptors (Lipinski definition) is 4. The first-order chi connectivity index (χ1) is 14.0. The van der Waals surface area contributed by atoms with Gasteiger partial charge in [0.1, 0.15) is 0 Å². The Hall–Kier alpha value is -3.15. The Labute approximate surface area is 177 Å². The summed E-state index contributed by atoms with van der Waals surface area (Å²) in [6.07, 6.45) is 4.72. The number of oxazole rings is 1. The molecule has 2 aromatic heterocycles. The average molecular weight is 424 g/mol. The molecule has 4 rings (SSSR count). The van der Waals surface area contributed by atoms with Crippen molar-refractivity contribution < 1.29 is 9.21 Å². The van der Waals surface area contributed by atoms with Crippen LogP contribution in [0.4, 0.5) is 5.69 Å². The van der Waals surface area contributed by atoms with Gasteiger partial charge in [0.05, 0.1) is 0 Å². The summed E-state index contributed by atoms with van der Waals surface area (Å²) in [5.74, 6) is 0.172. The van der Waals surface area contributed by atoms with Gasteiger partial charge in [-0.15, -0.1) is 0 Å². The lowest BCUT2D eigenvalue weighted by Gasteiger charge is -2.09. The molecule has 5 nitrogen and oxygen atoms in total. The minimum absolute atomic E-state index is 0.282. The fourth-order valence-electron chi connectivity index (χ4n) is 2.86. The molecule has 2 aromatic carbocycles. The van der Waals surface area contributed by atoms with E-state index in [1.807, 2.05) is 31.2 Å². The predicted octanol–water partition coefficient (Wildman–Crippen LogP) is 6.16. The molecule has 0 unspecified atom stereocenters. The Balaban J connectivity index is 1.57. The lowest BCUT2D eigenvalue weighted by atomic mass is 10.1. The quantitative estimate of drug-likeness (QED) is 0.399. The average Bonchev–Trinajstić information content (AvgIpc) is 3.13. The summed E-state index contributed by atoms with van der Waals surface area (Å²) >= 11 is 12.0. The number of fused-ring (bicyclic) bond motifs is 1. The number of halogens is 2. The van der Waals surface area contributed by atoms with Crippen LogP contribution in [-0.2, 0) is 4.79 Å². The van der Waals surface area contributed by atoms with Crippen LogP contribution in [0.25, 0.3) is 28.8 Å². The van der Waals surface area contributed by atoms with Crippen LogP contribution in [-0.4, -0.2) is 15.9 Å². The molecular weight excluding hydrogens is 409 g/mol. The standard InChI is InChI=1S/C22H15Cl2N3O2/c1-13-16(22-27-21-19(29-22)6-3-11-25-21)4-2-5-18(13)26-20(28)10-8-14-7-9-15(23)12-17(14)24/h2-12H,1H3,(H,26,28)/b10-8+. The Bertz CT molecular complexity index is 1220. The SMILES string of the molecule is Cc1c(NC(=O)/C=C/c2ccc(Cl)cc2Cl)cccc1-c1nc2ncccc2o1. The van der Waals surface area contributed by atoms with E-state index in [9.17, 15) is 4.79 Å². The van der Waals surface area contributed by atoms with Crippen LogP contribution in [0.1, 0.15) is 11.1 Å². The largest absolute Gasteiger partial charge is 0.434 e. The fourth-order valence-corrected chi connectivity index (χ4v) is 3.33. The van der Waals surface area contributed by atoms with E-state index in [1.165, 1.54) is 6.08 Å². The van der Waals surface area contributed by atoms with Gasteiger partial charge < -0.3 is 9.73 Å². The number of carbonyl (C=O) groups is 1. The summed E-state index contributed by atoms with van der Waals surface area (Å²) in [5, 5.41) is 3.89. The second-order valence-electron chi connectivity index (χ2n) is 6.31. The van der Waals surface area contributed by atoms with Crippen molar-refractivity contribution in [1.82, 2.24) is 9.97 Å². The molecule has 0 saturated heterocycles. The Morgan fingerprint density at radius 1 is 1.14 bits per heavy atom. The molecule has 4 aromatic rings. The van der Waals surface area contributed by atoms with Gasteiger partial charge in [-0.05, 0) is 60.5 Å². The first-order valence-corrected chi connectivity index (χ1v) is 9.52. The number of hydrogen-bond donors (Lipinski definition) is 1. The zero-order valence-electron chi connectivity index (χ0n) is 15.3. The number of carbonyl (C=O) groups excluding carboxylic acids is 1. The highest BCUT2D eigenvalue weighted by Crippen LogP contribution is 2.30. The summed E-state index contributed by atoms with van der Waals surface area (Å²) in [6.45, 7) is 1.90. The second kappa shape index (κ2) is 8.07. The van der Waals surface area contributed by atoms with Crippen LogP contribution in [0.2, 0.25) is 10.0 Å². The molecule has 0 aliphatic heterocycles. The molecule has 1 N–H and O–H groups in total. The first-order valence-electron chi connectivity index (χ1n) is 8.77. The Morgan fingerprint density at radius 3 is 2.79 bits per heavy atom. The van der Waals surface area contributed by atoms with Gasteiger partial charge in [-0.2, -0.15) is 4.98 Å².